The van der Waals surface area contributed by atoms with Gasteiger partial charge >= 0.3 is 5.97 Å². The lowest BCUT2D eigenvalue weighted by Crippen LogP contribution is -2.45. The Balaban J connectivity index is 2.19. The molecule has 0 atom stereocenters. The van der Waals surface area contributed by atoms with E-state index in [1.807, 2.05) is 0 Å². The molecule has 1 aromatic rings. The largest absolute Gasteiger partial charge is 0.478 e. The van der Waals surface area contributed by atoms with Crippen LogP contribution in [0.15, 0.2) is 24.3 Å². The summed E-state index contributed by atoms with van der Waals surface area (Å²) in [5.41, 5.74) is 5.72. The monoisotopic (exact) mass is 290 g/mol. The SMILES string of the molecule is CC1CCC(CN)(C(=O)Nc2ccccc2C(=O)O)CC1. The summed E-state index contributed by atoms with van der Waals surface area (Å²) in [5.74, 6) is -0.598. The third-order valence-electron chi connectivity index (χ3n) is 4.51. The molecule has 0 radical (unpaired) electrons. The smallest absolute Gasteiger partial charge is 0.337 e. The van der Waals surface area contributed by atoms with Crippen molar-refractivity contribution < 1.29 is 14.7 Å². The van der Waals surface area contributed by atoms with Crippen LogP contribution in [0.2, 0.25) is 0 Å². The van der Waals surface area contributed by atoms with E-state index in [4.69, 9.17) is 10.8 Å². The lowest BCUT2D eigenvalue weighted by Gasteiger charge is -2.37. The zero-order chi connectivity index (χ0) is 15.5. The van der Waals surface area contributed by atoms with Crippen LogP contribution in [0, 0.1) is 11.3 Å². The Hall–Kier alpha value is -1.88. The summed E-state index contributed by atoms with van der Waals surface area (Å²) in [6.07, 6.45) is 3.47. The number of carboxylic acids is 1. The van der Waals surface area contributed by atoms with Crippen molar-refractivity contribution >= 4 is 17.6 Å². The van der Waals surface area contributed by atoms with Gasteiger partial charge in [-0.15, -0.1) is 0 Å². The van der Waals surface area contributed by atoms with Gasteiger partial charge in [-0.25, -0.2) is 4.79 Å². The summed E-state index contributed by atoms with van der Waals surface area (Å²) in [5, 5.41) is 11.9. The normalized spacial score (nSPS) is 25.3. The van der Waals surface area contributed by atoms with E-state index in [1.54, 1.807) is 18.2 Å². The van der Waals surface area contributed by atoms with Crippen molar-refractivity contribution in [2.24, 2.45) is 17.1 Å². The summed E-state index contributed by atoms with van der Waals surface area (Å²) in [7, 11) is 0. The third kappa shape index (κ3) is 3.24. The van der Waals surface area contributed by atoms with Gasteiger partial charge in [0.05, 0.1) is 16.7 Å². The number of anilines is 1. The highest BCUT2D eigenvalue weighted by molar-refractivity contribution is 6.02. The summed E-state index contributed by atoms with van der Waals surface area (Å²) >= 11 is 0. The minimum absolute atomic E-state index is 0.0993. The molecule has 1 aromatic carbocycles. The molecule has 0 spiro atoms. The average molecular weight is 290 g/mol. The standard InChI is InChI=1S/C16H22N2O3/c1-11-6-8-16(10-17,9-7-11)15(21)18-13-5-3-2-4-12(13)14(19)20/h2-5,11H,6-10,17H2,1H3,(H,18,21)(H,19,20). The van der Waals surface area contributed by atoms with Gasteiger partial charge in [0.2, 0.25) is 5.91 Å². The number of hydrogen-bond acceptors (Lipinski definition) is 3. The molecule has 5 heteroatoms. The third-order valence-corrected chi connectivity index (χ3v) is 4.51. The maximum atomic E-state index is 12.6. The number of benzene rings is 1. The van der Waals surface area contributed by atoms with Crippen molar-refractivity contribution in [3.8, 4) is 0 Å². The number of nitrogens with one attached hydrogen (secondary N) is 1. The fourth-order valence-electron chi connectivity index (χ4n) is 2.87. The van der Waals surface area contributed by atoms with Crippen molar-refractivity contribution in [1.82, 2.24) is 0 Å². The first-order valence-corrected chi connectivity index (χ1v) is 7.32. The second kappa shape index (κ2) is 6.26. The lowest BCUT2D eigenvalue weighted by atomic mass is 9.70. The van der Waals surface area contributed by atoms with E-state index in [1.165, 1.54) is 6.07 Å². The molecule has 0 aromatic heterocycles. The van der Waals surface area contributed by atoms with E-state index in [9.17, 15) is 9.59 Å². The fourth-order valence-corrected chi connectivity index (χ4v) is 2.87. The summed E-state index contributed by atoms with van der Waals surface area (Å²) in [6, 6.07) is 6.44. The topological polar surface area (TPSA) is 92.4 Å². The number of aromatic carboxylic acids is 1. The predicted molar refractivity (Wildman–Crippen MR) is 81.2 cm³/mol. The van der Waals surface area contributed by atoms with E-state index in [0.29, 0.717) is 18.2 Å². The number of carboxylic acid groups (broad SMARTS) is 1. The van der Waals surface area contributed by atoms with Crippen molar-refractivity contribution in [3.05, 3.63) is 29.8 Å². The maximum Gasteiger partial charge on any atom is 0.337 e. The van der Waals surface area contributed by atoms with Crippen molar-refractivity contribution in [1.29, 1.82) is 0 Å². The van der Waals surface area contributed by atoms with Crippen molar-refractivity contribution in [2.75, 3.05) is 11.9 Å². The number of carbonyl (C=O) groups excluding carboxylic acids is 1. The Kier molecular flexibility index (Phi) is 4.63. The molecule has 1 saturated carbocycles. The zero-order valence-electron chi connectivity index (χ0n) is 12.3. The molecule has 21 heavy (non-hydrogen) atoms. The molecule has 0 saturated heterocycles. The van der Waals surface area contributed by atoms with E-state index in [2.05, 4.69) is 12.2 Å². The number of carbonyl (C=O) groups is 2. The lowest BCUT2D eigenvalue weighted by molar-refractivity contribution is -0.127. The molecule has 114 valence electrons. The minimum Gasteiger partial charge on any atom is -0.478 e. The van der Waals surface area contributed by atoms with Crippen LogP contribution in [0.4, 0.5) is 5.69 Å². The second-order valence-electron chi connectivity index (χ2n) is 5.97. The van der Waals surface area contributed by atoms with Gasteiger partial charge in [-0.05, 0) is 43.7 Å². The fraction of sp³-hybridized carbons (Fsp3) is 0.500. The van der Waals surface area contributed by atoms with Crippen LogP contribution in [-0.2, 0) is 4.79 Å². The van der Waals surface area contributed by atoms with Gasteiger partial charge in [0.25, 0.3) is 0 Å². The quantitative estimate of drug-likeness (QED) is 0.794. The van der Waals surface area contributed by atoms with Crippen LogP contribution in [-0.4, -0.2) is 23.5 Å². The average Bonchev–Trinajstić information content (AvgIpc) is 2.48. The van der Waals surface area contributed by atoms with Gasteiger partial charge in [0, 0.05) is 6.54 Å². The van der Waals surface area contributed by atoms with Gasteiger partial charge in [-0.3, -0.25) is 4.79 Å². The molecular formula is C16H22N2O3. The van der Waals surface area contributed by atoms with Crippen molar-refractivity contribution in [3.63, 3.8) is 0 Å². The molecule has 2 rings (SSSR count). The first kappa shape index (κ1) is 15.5. The predicted octanol–water partition coefficient (Wildman–Crippen LogP) is 2.48. The molecule has 0 aliphatic heterocycles. The highest BCUT2D eigenvalue weighted by atomic mass is 16.4. The Morgan fingerprint density at radius 2 is 1.95 bits per heavy atom. The Bertz CT molecular complexity index is 534. The zero-order valence-corrected chi connectivity index (χ0v) is 12.3. The molecular weight excluding hydrogens is 268 g/mol. The van der Waals surface area contributed by atoms with Gasteiger partial charge < -0.3 is 16.2 Å². The first-order valence-electron chi connectivity index (χ1n) is 7.32. The summed E-state index contributed by atoms with van der Waals surface area (Å²) in [4.78, 5) is 23.8. The molecule has 0 bridgehead atoms. The van der Waals surface area contributed by atoms with Gasteiger partial charge in [-0.1, -0.05) is 19.1 Å². The van der Waals surface area contributed by atoms with Gasteiger partial charge in [-0.2, -0.15) is 0 Å². The summed E-state index contributed by atoms with van der Waals surface area (Å²) < 4.78 is 0. The molecule has 4 N–H and O–H groups in total. The van der Waals surface area contributed by atoms with Gasteiger partial charge in [0.1, 0.15) is 0 Å². The van der Waals surface area contributed by atoms with E-state index in [0.717, 1.165) is 25.7 Å². The van der Waals surface area contributed by atoms with E-state index in [-0.39, 0.29) is 11.5 Å². The highest BCUT2D eigenvalue weighted by Crippen LogP contribution is 2.39. The van der Waals surface area contributed by atoms with Crippen molar-refractivity contribution in [2.45, 2.75) is 32.6 Å². The number of rotatable bonds is 4. The number of amides is 1. The molecule has 5 nitrogen and oxygen atoms in total. The Labute approximate surface area is 124 Å². The number of hydrogen-bond donors (Lipinski definition) is 3. The number of nitrogens with two attached hydrogens (primary N) is 1. The number of para-hydroxylation sites is 1. The molecule has 1 aliphatic carbocycles. The Morgan fingerprint density at radius 3 is 2.52 bits per heavy atom. The van der Waals surface area contributed by atoms with Crippen LogP contribution < -0.4 is 11.1 Å². The van der Waals surface area contributed by atoms with Crippen LogP contribution in [0.3, 0.4) is 0 Å². The Morgan fingerprint density at radius 1 is 1.33 bits per heavy atom. The van der Waals surface area contributed by atoms with E-state index < -0.39 is 11.4 Å². The van der Waals surface area contributed by atoms with Crippen LogP contribution in [0.25, 0.3) is 0 Å². The molecule has 0 unspecified atom stereocenters. The molecule has 1 fully saturated rings. The van der Waals surface area contributed by atoms with Gasteiger partial charge in [0.15, 0.2) is 0 Å². The van der Waals surface area contributed by atoms with Crippen LogP contribution in [0.1, 0.15) is 43.0 Å². The molecule has 0 heterocycles. The van der Waals surface area contributed by atoms with E-state index >= 15 is 0 Å². The summed E-state index contributed by atoms with van der Waals surface area (Å²) in [6.45, 7) is 2.47. The first-order chi connectivity index (χ1) is 9.98. The highest BCUT2D eigenvalue weighted by Gasteiger charge is 2.40. The van der Waals surface area contributed by atoms with Crippen LogP contribution >= 0.6 is 0 Å². The van der Waals surface area contributed by atoms with Crippen LogP contribution in [0.5, 0.6) is 0 Å². The molecule has 1 amide bonds. The molecule has 1 aliphatic rings. The second-order valence-corrected chi connectivity index (χ2v) is 5.97. The maximum absolute atomic E-state index is 12.6. The minimum atomic E-state index is -1.05.